The second-order valence-electron chi connectivity index (χ2n) is 6.01. The SMILES string of the molecule is CC(=O)c1c(C)cc(=O)n(Cc2ccncc2)c1-c1cc(Cl)ccc1F. The smallest absolute Gasteiger partial charge is 0.251 e. The van der Waals surface area contributed by atoms with Gasteiger partial charge in [0.15, 0.2) is 5.78 Å². The molecule has 0 aliphatic heterocycles. The van der Waals surface area contributed by atoms with Gasteiger partial charge in [-0.3, -0.25) is 14.6 Å². The van der Waals surface area contributed by atoms with Gasteiger partial charge in [-0.05, 0) is 55.3 Å². The molecular weight excluding hydrogens is 355 g/mol. The van der Waals surface area contributed by atoms with Crippen LogP contribution < -0.4 is 5.56 Å². The van der Waals surface area contributed by atoms with Crippen LogP contribution in [0.2, 0.25) is 5.02 Å². The van der Waals surface area contributed by atoms with Crippen molar-refractivity contribution in [1.82, 2.24) is 9.55 Å². The average Bonchev–Trinajstić information content (AvgIpc) is 2.59. The molecule has 0 N–H and O–H groups in total. The quantitative estimate of drug-likeness (QED) is 0.645. The van der Waals surface area contributed by atoms with Gasteiger partial charge in [0.05, 0.1) is 12.2 Å². The summed E-state index contributed by atoms with van der Waals surface area (Å²) in [7, 11) is 0. The maximum atomic E-state index is 14.6. The first kappa shape index (κ1) is 18.0. The van der Waals surface area contributed by atoms with E-state index >= 15 is 0 Å². The van der Waals surface area contributed by atoms with Gasteiger partial charge in [0.1, 0.15) is 5.82 Å². The zero-order chi connectivity index (χ0) is 18.8. The largest absolute Gasteiger partial charge is 0.303 e. The molecule has 26 heavy (non-hydrogen) atoms. The summed E-state index contributed by atoms with van der Waals surface area (Å²) in [5.74, 6) is -0.800. The van der Waals surface area contributed by atoms with Crippen LogP contribution in [0.3, 0.4) is 0 Å². The Balaban J connectivity index is 2.36. The molecule has 6 heteroatoms. The number of rotatable bonds is 4. The van der Waals surface area contributed by atoms with Crippen LogP contribution in [0.15, 0.2) is 53.6 Å². The monoisotopic (exact) mass is 370 g/mol. The number of benzene rings is 1. The molecule has 0 saturated heterocycles. The molecule has 2 aromatic heterocycles. The normalized spacial score (nSPS) is 10.8. The molecule has 0 aliphatic carbocycles. The van der Waals surface area contributed by atoms with Crippen molar-refractivity contribution < 1.29 is 9.18 Å². The van der Waals surface area contributed by atoms with Crippen molar-refractivity contribution in [3.63, 3.8) is 0 Å². The summed E-state index contributed by atoms with van der Waals surface area (Å²) in [6.45, 7) is 3.25. The molecular formula is C20H16ClFN2O2. The first-order chi connectivity index (χ1) is 12.4. The minimum atomic E-state index is -0.551. The van der Waals surface area contributed by atoms with Crippen LogP contribution in [-0.4, -0.2) is 15.3 Å². The summed E-state index contributed by atoms with van der Waals surface area (Å²) in [4.78, 5) is 28.9. The molecule has 0 unspecified atom stereocenters. The van der Waals surface area contributed by atoms with E-state index in [0.29, 0.717) is 16.1 Å². The van der Waals surface area contributed by atoms with Crippen molar-refractivity contribution >= 4 is 17.4 Å². The highest BCUT2D eigenvalue weighted by Gasteiger charge is 2.21. The highest BCUT2D eigenvalue weighted by atomic mass is 35.5. The lowest BCUT2D eigenvalue weighted by atomic mass is 9.97. The molecule has 0 aliphatic rings. The molecule has 1 aromatic carbocycles. The second-order valence-corrected chi connectivity index (χ2v) is 6.45. The lowest BCUT2D eigenvalue weighted by Crippen LogP contribution is -2.25. The van der Waals surface area contributed by atoms with Gasteiger partial charge in [0, 0.05) is 34.6 Å². The Kier molecular flexibility index (Phi) is 5.00. The fourth-order valence-electron chi connectivity index (χ4n) is 3.00. The predicted molar refractivity (Wildman–Crippen MR) is 99.2 cm³/mol. The van der Waals surface area contributed by atoms with Crippen LogP contribution in [0.1, 0.15) is 28.4 Å². The molecule has 0 fully saturated rings. The Morgan fingerprint density at radius 3 is 2.54 bits per heavy atom. The maximum Gasteiger partial charge on any atom is 0.251 e. The number of carbonyl (C=O) groups excluding carboxylic acids is 1. The third-order valence-corrected chi connectivity index (χ3v) is 4.37. The first-order valence-electron chi connectivity index (χ1n) is 7.98. The van der Waals surface area contributed by atoms with Gasteiger partial charge in [-0.2, -0.15) is 0 Å². The summed E-state index contributed by atoms with van der Waals surface area (Å²) >= 11 is 6.04. The summed E-state index contributed by atoms with van der Waals surface area (Å²) in [6, 6.07) is 9.00. The zero-order valence-electron chi connectivity index (χ0n) is 14.3. The van der Waals surface area contributed by atoms with E-state index in [-0.39, 0.29) is 29.1 Å². The third-order valence-electron chi connectivity index (χ3n) is 4.13. The van der Waals surface area contributed by atoms with Crippen LogP contribution in [-0.2, 0) is 6.54 Å². The van der Waals surface area contributed by atoms with E-state index in [9.17, 15) is 14.0 Å². The molecule has 0 atom stereocenters. The summed E-state index contributed by atoms with van der Waals surface area (Å²) in [5.41, 5.74) is 1.65. The molecule has 0 bridgehead atoms. The predicted octanol–water partition coefficient (Wildman–Crippen LogP) is 4.26. The van der Waals surface area contributed by atoms with Crippen molar-refractivity contribution in [2.45, 2.75) is 20.4 Å². The molecule has 3 rings (SSSR count). The van der Waals surface area contributed by atoms with Gasteiger partial charge in [-0.15, -0.1) is 0 Å². The number of halogens is 2. The fourth-order valence-corrected chi connectivity index (χ4v) is 3.17. The van der Waals surface area contributed by atoms with Crippen LogP contribution >= 0.6 is 11.6 Å². The Hall–Kier alpha value is -2.79. The van der Waals surface area contributed by atoms with E-state index < -0.39 is 5.82 Å². The molecule has 132 valence electrons. The highest BCUT2D eigenvalue weighted by molar-refractivity contribution is 6.30. The number of ketones is 1. The van der Waals surface area contributed by atoms with Gasteiger partial charge in [-0.1, -0.05) is 11.6 Å². The third kappa shape index (κ3) is 3.44. The number of carbonyl (C=O) groups is 1. The van der Waals surface area contributed by atoms with E-state index in [1.54, 1.807) is 31.5 Å². The summed E-state index contributed by atoms with van der Waals surface area (Å²) < 4.78 is 16.0. The van der Waals surface area contributed by atoms with Crippen LogP contribution in [0.5, 0.6) is 0 Å². The van der Waals surface area contributed by atoms with Gasteiger partial charge >= 0.3 is 0 Å². The van der Waals surface area contributed by atoms with E-state index in [0.717, 1.165) is 5.56 Å². The van der Waals surface area contributed by atoms with E-state index in [2.05, 4.69) is 4.98 Å². The lowest BCUT2D eigenvalue weighted by molar-refractivity contribution is 0.101. The lowest BCUT2D eigenvalue weighted by Gasteiger charge is -2.19. The van der Waals surface area contributed by atoms with Gasteiger partial charge in [-0.25, -0.2) is 4.39 Å². The highest BCUT2D eigenvalue weighted by Crippen LogP contribution is 2.30. The average molecular weight is 371 g/mol. The van der Waals surface area contributed by atoms with Crippen molar-refractivity contribution in [3.05, 3.63) is 86.7 Å². The molecule has 0 radical (unpaired) electrons. The Morgan fingerprint density at radius 1 is 1.19 bits per heavy atom. The van der Waals surface area contributed by atoms with E-state index in [1.807, 2.05) is 0 Å². The maximum absolute atomic E-state index is 14.6. The Morgan fingerprint density at radius 2 is 1.88 bits per heavy atom. The van der Waals surface area contributed by atoms with Crippen molar-refractivity contribution in [2.75, 3.05) is 0 Å². The minimum Gasteiger partial charge on any atom is -0.303 e. The number of hydrogen-bond donors (Lipinski definition) is 0. The van der Waals surface area contributed by atoms with Gasteiger partial charge in [0.2, 0.25) is 0 Å². The zero-order valence-corrected chi connectivity index (χ0v) is 15.0. The van der Waals surface area contributed by atoms with Gasteiger partial charge in [0.25, 0.3) is 5.56 Å². The summed E-state index contributed by atoms with van der Waals surface area (Å²) in [6.07, 6.45) is 3.22. The van der Waals surface area contributed by atoms with Crippen LogP contribution in [0.4, 0.5) is 4.39 Å². The topological polar surface area (TPSA) is 52.0 Å². The molecule has 0 saturated carbocycles. The van der Waals surface area contributed by atoms with Crippen molar-refractivity contribution in [1.29, 1.82) is 0 Å². The Labute approximate surface area is 154 Å². The number of nitrogens with zero attached hydrogens (tertiary/aromatic N) is 2. The molecule has 4 nitrogen and oxygen atoms in total. The standard InChI is InChI=1S/C20H16ClFN2O2/c1-12-9-18(26)24(11-14-5-7-23-8-6-14)20(19(12)13(2)25)16-10-15(21)3-4-17(16)22/h3-10H,11H2,1-2H3. The molecule has 0 amide bonds. The van der Waals surface area contributed by atoms with Crippen molar-refractivity contribution in [3.8, 4) is 11.3 Å². The van der Waals surface area contributed by atoms with E-state index in [1.165, 1.54) is 35.8 Å². The second kappa shape index (κ2) is 7.22. The molecule has 3 aromatic rings. The molecule has 2 heterocycles. The minimum absolute atomic E-state index is 0.123. The number of aromatic nitrogens is 2. The first-order valence-corrected chi connectivity index (χ1v) is 8.36. The Bertz CT molecular complexity index is 1050. The summed E-state index contributed by atoms with van der Waals surface area (Å²) in [5, 5.41) is 0.320. The molecule has 0 spiro atoms. The van der Waals surface area contributed by atoms with Crippen molar-refractivity contribution in [2.24, 2.45) is 0 Å². The van der Waals surface area contributed by atoms with Crippen LogP contribution in [0, 0.1) is 12.7 Å². The van der Waals surface area contributed by atoms with E-state index in [4.69, 9.17) is 11.6 Å². The number of aryl methyl sites for hydroxylation is 1. The number of Topliss-reactive ketones (excluding diaryl/α,β-unsaturated/α-hetero) is 1. The number of pyridine rings is 2. The van der Waals surface area contributed by atoms with Gasteiger partial charge < -0.3 is 4.57 Å². The van der Waals surface area contributed by atoms with Crippen LogP contribution in [0.25, 0.3) is 11.3 Å². The fraction of sp³-hybridized carbons (Fsp3) is 0.150. The number of hydrogen-bond acceptors (Lipinski definition) is 3.